The molecule has 6 heteroatoms. The average Bonchev–Trinajstić information content (AvgIpc) is 2.48. The molecule has 1 aromatic rings. The molecule has 0 atom stereocenters. The van der Waals surface area contributed by atoms with Gasteiger partial charge in [0.1, 0.15) is 0 Å². The van der Waals surface area contributed by atoms with Crippen LogP contribution in [0.3, 0.4) is 0 Å². The molecule has 0 spiro atoms. The molecule has 0 saturated carbocycles. The molecule has 0 aromatic heterocycles. The highest BCUT2D eigenvalue weighted by atomic mass is 32.2. The minimum atomic E-state index is -3.40. The van der Waals surface area contributed by atoms with Crippen LogP contribution in [-0.2, 0) is 10.0 Å². The van der Waals surface area contributed by atoms with Crippen molar-refractivity contribution in [1.82, 2.24) is 9.21 Å². The van der Waals surface area contributed by atoms with Gasteiger partial charge < -0.3 is 10.2 Å². The van der Waals surface area contributed by atoms with Gasteiger partial charge in [0.2, 0.25) is 10.0 Å². The fourth-order valence-electron chi connectivity index (χ4n) is 2.67. The molecule has 21 heavy (non-hydrogen) atoms. The molecule has 1 aromatic carbocycles. The Morgan fingerprint density at radius 2 is 1.81 bits per heavy atom. The number of hydrogen-bond donors (Lipinski definition) is 1. The van der Waals surface area contributed by atoms with Gasteiger partial charge in [-0.25, -0.2) is 8.42 Å². The second-order valence-electron chi connectivity index (χ2n) is 5.61. The van der Waals surface area contributed by atoms with E-state index >= 15 is 0 Å². The van der Waals surface area contributed by atoms with E-state index in [0.717, 1.165) is 38.2 Å². The lowest BCUT2D eigenvalue weighted by Crippen LogP contribution is -2.44. The van der Waals surface area contributed by atoms with Crippen LogP contribution in [0.15, 0.2) is 29.2 Å². The van der Waals surface area contributed by atoms with Crippen LogP contribution in [0.25, 0.3) is 0 Å². The zero-order valence-corrected chi connectivity index (χ0v) is 13.9. The number of sulfonamides is 1. The molecule has 1 heterocycles. The molecule has 0 radical (unpaired) electrons. The fraction of sp³-hybridized carbons (Fsp3) is 0.600. The maximum atomic E-state index is 12.7. The van der Waals surface area contributed by atoms with Crippen molar-refractivity contribution < 1.29 is 8.42 Å². The third kappa shape index (κ3) is 3.75. The second kappa shape index (κ2) is 6.77. The van der Waals surface area contributed by atoms with E-state index in [-0.39, 0.29) is 6.04 Å². The van der Waals surface area contributed by atoms with Gasteiger partial charge in [0, 0.05) is 25.3 Å². The van der Waals surface area contributed by atoms with Crippen molar-refractivity contribution >= 4 is 15.7 Å². The minimum absolute atomic E-state index is 0.0969. The van der Waals surface area contributed by atoms with Crippen molar-refractivity contribution in [2.45, 2.75) is 30.7 Å². The van der Waals surface area contributed by atoms with E-state index in [2.05, 4.69) is 17.3 Å². The molecule has 0 bridgehead atoms. The Labute approximate surface area is 128 Å². The first-order valence-corrected chi connectivity index (χ1v) is 8.89. The topological polar surface area (TPSA) is 52.7 Å². The average molecular weight is 311 g/mol. The van der Waals surface area contributed by atoms with Crippen LogP contribution in [0.4, 0.5) is 5.69 Å². The minimum Gasteiger partial charge on any atom is -0.385 e. The van der Waals surface area contributed by atoms with Crippen LogP contribution in [-0.4, -0.2) is 57.4 Å². The number of nitrogens with one attached hydrogen (secondary N) is 1. The van der Waals surface area contributed by atoms with E-state index in [4.69, 9.17) is 0 Å². The molecule has 118 valence electrons. The summed E-state index contributed by atoms with van der Waals surface area (Å²) in [6, 6.07) is 7.09. The van der Waals surface area contributed by atoms with Crippen LogP contribution in [0.5, 0.6) is 0 Å². The fourth-order valence-corrected chi connectivity index (χ4v) is 4.09. The summed E-state index contributed by atoms with van der Waals surface area (Å²) in [6.45, 7) is 4.73. The van der Waals surface area contributed by atoms with Crippen molar-refractivity contribution in [1.29, 1.82) is 0 Å². The molecule has 1 aliphatic rings. The first-order valence-electron chi connectivity index (χ1n) is 7.45. The molecule has 5 nitrogen and oxygen atoms in total. The van der Waals surface area contributed by atoms with Crippen LogP contribution in [0.2, 0.25) is 0 Å². The Kier molecular flexibility index (Phi) is 5.24. The lowest BCUT2D eigenvalue weighted by atomic mass is 10.1. The molecule has 1 aliphatic heterocycles. The Hall–Kier alpha value is -1.11. The number of nitrogens with zero attached hydrogens (tertiary/aromatic N) is 2. The van der Waals surface area contributed by atoms with Crippen molar-refractivity contribution in [3.05, 3.63) is 24.3 Å². The predicted octanol–water partition coefficient (Wildman–Crippen LogP) is 1.83. The molecular weight excluding hydrogens is 286 g/mol. The largest absolute Gasteiger partial charge is 0.385 e. The summed E-state index contributed by atoms with van der Waals surface area (Å²) in [7, 11) is 0.371. The van der Waals surface area contributed by atoms with Crippen LogP contribution in [0, 0.1) is 0 Å². The highest BCUT2D eigenvalue weighted by Gasteiger charge is 2.29. The third-order valence-corrected chi connectivity index (χ3v) is 6.04. The van der Waals surface area contributed by atoms with E-state index in [0.29, 0.717) is 4.90 Å². The Morgan fingerprint density at radius 1 is 1.24 bits per heavy atom. The summed E-state index contributed by atoms with van der Waals surface area (Å²) in [5.41, 5.74) is 0.943. The molecular formula is C15H25N3O2S. The van der Waals surface area contributed by atoms with Crippen molar-refractivity contribution in [2.24, 2.45) is 0 Å². The number of benzene rings is 1. The van der Waals surface area contributed by atoms with Gasteiger partial charge in [-0.05, 0) is 64.2 Å². The predicted molar refractivity (Wildman–Crippen MR) is 86.1 cm³/mol. The van der Waals surface area contributed by atoms with Gasteiger partial charge in [0.15, 0.2) is 0 Å². The molecule has 0 aliphatic carbocycles. The number of likely N-dealkylation sites (tertiary alicyclic amines) is 1. The van der Waals surface area contributed by atoms with Gasteiger partial charge in [-0.1, -0.05) is 0 Å². The summed E-state index contributed by atoms with van der Waals surface area (Å²) in [6.07, 6.45) is 1.78. The number of piperidine rings is 1. The standard InChI is InChI=1S/C15H25N3O2S/c1-4-16-13-5-7-15(8-6-13)21(19,20)18(3)14-9-11-17(2)12-10-14/h5-8,14,16H,4,9-12H2,1-3H3. The summed E-state index contributed by atoms with van der Waals surface area (Å²) in [5, 5.41) is 3.17. The van der Waals surface area contributed by atoms with Crippen molar-refractivity contribution in [2.75, 3.05) is 39.0 Å². The molecule has 1 fully saturated rings. The van der Waals surface area contributed by atoms with Gasteiger partial charge >= 0.3 is 0 Å². The summed E-state index contributed by atoms with van der Waals surface area (Å²) >= 11 is 0. The van der Waals surface area contributed by atoms with E-state index in [9.17, 15) is 8.42 Å². The van der Waals surface area contributed by atoms with Crippen molar-refractivity contribution in [3.8, 4) is 0 Å². The van der Waals surface area contributed by atoms with E-state index in [1.54, 1.807) is 23.5 Å². The number of anilines is 1. The van der Waals surface area contributed by atoms with Crippen LogP contribution in [0.1, 0.15) is 19.8 Å². The Bertz CT molecular complexity index is 549. The van der Waals surface area contributed by atoms with E-state index < -0.39 is 10.0 Å². The molecule has 2 rings (SSSR count). The molecule has 0 unspecified atom stereocenters. The molecule has 1 saturated heterocycles. The summed E-state index contributed by atoms with van der Waals surface area (Å²) in [4.78, 5) is 2.60. The maximum absolute atomic E-state index is 12.7. The van der Waals surface area contributed by atoms with Crippen molar-refractivity contribution in [3.63, 3.8) is 0 Å². The summed E-state index contributed by atoms with van der Waals surface area (Å²) in [5.74, 6) is 0. The number of hydrogen-bond acceptors (Lipinski definition) is 4. The zero-order valence-electron chi connectivity index (χ0n) is 13.0. The van der Waals surface area contributed by atoms with E-state index in [1.807, 2.05) is 19.1 Å². The first kappa shape index (κ1) is 16.3. The summed E-state index contributed by atoms with van der Waals surface area (Å²) < 4.78 is 26.9. The Morgan fingerprint density at radius 3 is 2.33 bits per heavy atom. The van der Waals surface area contributed by atoms with Gasteiger partial charge in [0.05, 0.1) is 4.90 Å². The Balaban J connectivity index is 2.13. The SMILES string of the molecule is CCNc1ccc(S(=O)(=O)N(C)C2CCN(C)CC2)cc1. The first-order chi connectivity index (χ1) is 9.95. The maximum Gasteiger partial charge on any atom is 0.243 e. The van der Waals surface area contributed by atoms with Gasteiger partial charge in [-0.15, -0.1) is 0 Å². The lowest BCUT2D eigenvalue weighted by molar-refractivity contribution is 0.197. The van der Waals surface area contributed by atoms with Gasteiger partial charge in [-0.3, -0.25) is 0 Å². The zero-order chi connectivity index (χ0) is 15.5. The normalized spacial score (nSPS) is 18.1. The third-order valence-electron chi connectivity index (χ3n) is 4.11. The lowest BCUT2D eigenvalue weighted by Gasteiger charge is -2.34. The molecule has 1 N–H and O–H groups in total. The second-order valence-corrected chi connectivity index (χ2v) is 7.61. The highest BCUT2D eigenvalue weighted by Crippen LogP contribution is 2.23. The monoisotopic (exact) mass is 311 g/mol. The van der Waals surface area contributed by atoms with Crippen LogP contribution >= 0.6 is 0 Å². The smallest absolute Gasteiger partial charge is 0.243 e. The van der Waals surface area contributed by atoms with Gasteiger partial charge in [-0.2, -0.15) is 4.31 Å². The van der Waals surface area contributed by atoms with E-state index in [1.165, 1.54) is 0 Å². The van der Waals surface area contributed by atoms with Crippen LogP contribution < -0.4 is 5.32 Å². The highest BCUT2D eigenvalue weighted by molar-refractivity contribution is 7.89. The number of rotatable bonds is 5. The van der Waals surface area contributed by atoms with Gasteiger partial charge in [0.25, 0.3) is 0 Å². The molecule has 0 amide bonds. The quantitative estimate of drug-likeness (QED) is 0.901.